The van der Waals surface area contributed by atoms with E-state index in [1.165, 1.54) is 0 Å². The number of thiazole rings is 1. The lowest BCUT2D eigenvalue weighted by molar-refractivity contribution is 0.0900. The van der Waals surface area contributed by atoms with Crippen LogP contribution in [0.25, 0.3) is 10.6 Å². The molecule has 1 atom stereocenters. The smallest absolute Gasteiger partial charge is 0.251 e. The molecule has 1 heterocycles. The predicted octanol–water partition coefficient (Wildman–Crippen LogP) is 3.26. The van der Waals surface area contributed by atoms with Crippen molar-refractivity contribution in [2.45, 2.75) is 33.3 Å². The first kappa shape index (κ1) is 16.6. The van der Waals surface area contributed by atoms with Crippen LogP contribution >= 0.6 is 11.3 Å². The molecule has 0 aliphatic rings. The number of carbonyl (C=O) groups is 1. The van der Waals surface area contributed by atoms with Gasteiger partial charge in [-0.1, -0.05) is 26.0 Å². The van der Waals surface area contributed by atoms with Crippen LogP contribution in [0.2, 0.25) is 0 Å². The van der Waals surface area contributed by atoms with Crippen LogP contribution in [0.15, 0.2) is 29.6 Å². The molecule has 0 saturated heterocycles. The number of nitrogens with one attached hydrogen (secondary N) is 1. The summed E-state index contributed by atoms with van der Waals surface area (Å²) >= 11 is 1.59. The average molecular weight is 318 g/mol. The third-order valence-corrected chi connectivity index (χ3v) is 4.26. The topological polar surface area (TPSA) is 62.2 Å². The van der Waals surface area contributed by atoms with Crippen LogP contribution in [0.1, 0.15) is 36.3 Å². The van der Waals surface area contributed by atoms with E-state index >= 15 is 0 Å². The Kier molecular flexibility index (Phi) is 5.69. The maximum Gasteiger partial charge on any atom is 0.251 e. The van der Waals surface area contributed by atoms with Gasteiger partial charge in [-0.05, 0) is 31.4 Å². The van der Waals surface area contributed by atoms with E-state index in [2.05, 4.69) is 10.3 Å². The molecule has 1 aromatic carbocycles. The average Bonchev–Trinajstić information content (AvgIpc) is 2.91. The second kappa shape index (κ2) is 7.51. The third kappa shape index (κ3) is 4.64. The first-order chi connectivity index (χ1) is 10.5. The summed E-state index contributed by atoms with van der Waals surface area (Å²) in [5.74, 6) is 0.248. The van der Waals surface area contributed by atoms with Crippen LogP contribution in [0, 0.1) is 12.8 Å². The van der Waals surface area contributed by atoms with Crippen molar-refractivity contribution >= 4 is 17.2 Å². The molecule has 0 aliphatic heterocycles. The number of hydrogen-bond acceptors (Lipinski definition) is 4. The molecule has 118 valence electrons. The van der Waals surface area contributed by atoms with Crippen LogP contribution in [-0.4, -0.2) is 28.6 Å². The van der Waals surface area contributed by atoms with Crippen molar-refractivity contribution in [1.82, 2.24) is 10.3 Å². The van der Waals surface area contributed by atoms with Gasteiger partial charge in [0.25, 0.3) is 5.91 Å². The predicted molar refractivity (Wildman–Crippen MR) is 90.1 cm³/mol. The fourth-order valence-electron chi connectivity index (χ4n) is 2.19. The summed E-state index contributed by atoms with van der Waals surface area (Å²) in [5.41, 5.74) is 2.60. The molecular weight excluding hydrogens is 296 g/mol. The van der Waals surface area contributed by atoms with Gasteiger partial charge in [-0.15, -0.1) is 11.3 Å². The summed E-state index contributed by atoms with van der Waals surface area (Å²) in [4.78, 5) is 16.5. The van der Waals surface area contributed by atoms with Gasteiger partial charge >= 0.3 is 0 Å². The van der Waals surface area contributed by atoms with E-state index in [1.807, 2.05) is 38.3 Å². The fraction of sp³-hybridized carbons (Fsp3) is 0.412. The van der Waals surface area contributed by atoms with Crippen LogP contribution < -0.4 is 5.32 Å². The van der Waals surface area contributed by atoms with Gasteiger partial charge in [-0.2, -0.15) is 0 Å². The molecule has 1 amide bonds. The van der Waals surface area contributed by atoms with E-state index in [-0.39, 0.29) is 12.5 Å². The largest absolute Gasteiger partial charge is 0.391 e. The Bertz CT molecular complexity index is 620. The summed E-state index contributed by atoms with van der Waals surface area (Å²) in [7, 11) is 0. The number of carbonyl (C=O) groups excluding carboxylic acids is 1. The van der Waals surface area contributed by atoms with E-state index < -0.39 is 6.10 Å². The van der Waals surface area contributed by atoms with E-state index in [9.17, 15) is 9.90 Å². The van der Waals surface area contributed by atoms with Crippen LogP contribution in [-0.2, 0) is 0 Å². The minimum absolute atomic E-state index is 0.162. The highest BCUT2D eigenvalue weighted by Gasteiger charge is 2.11. The van der Waals surface area contributed by atoms with Crippen molar-refractivity contribution in [3.63, 3.8) is 0 Å². The molecule has 0 fully saturated rings. The van der Waals surface area contributed by atoms with Crippen molar-refractivity contribution in [2.24, 2.45) is 5.92 Å². The quantitative estimate of drug-likeness (QED) is 0.859. The molecule has 0 aliphatic carbocycles. The molecule has 1 unspecified atom stereocenters. The van der Waals surface area contributed by atoms with Gasteiger partial charge in [0, 0.05) is 28.7 Å². The Labute approximate surface area is 135 Å². The summed E-state index contributed by atoms with van der Waals surface area (Å²) in [6, 6.07) is 7.38. The molecule has 4 nitrogen and oxygen atoms in total. The molecule has 2 N–H and O–H groups in total. The summed E-state index contributed by atoms with van der Waals surface area (Å²) < 4.78 is 0. The first-order valence-corrected chi connectivity index (χ1v) is 8.32. The summed E-state index contributed by atoms with van der Waals surface area (Å²) in [6.07, 6.45) is 0.185. The Morgan fingerprint density at radius 2 is 2.00 bits per heavy atom. The molecule has 22 heavy (non-hydrogen) atoms. The molecule has 2 aromatic rings. The molecule has 2 rings (SSSR count). The maximum atomic E-state index is 12.1. The van der Waals surface area contributed by atoms with Gasteiger partial charge in [0.05, 0.1) is 6.10 Å². The highest BCUT2D eigenvalue weighted by atomic mass is 32.1. The Hall–Kier alpha value is -1.72. The number of hydrogen-bond donors (Lipinski definition) is 2. The lowest BCUT2D eigenvalue weighted by atomic mass is 10.1. The second-order valence-corrected chi connectivity index (χ2v) is 6.72. The molecule has 5 heteroatoms. The number of rotatable bonds is 6. The Morgan fingerprint density at radius 3 is 2.55 bits per heavy atom. The molecule has 0 radical (unpaired) electrons. The fourth-order valence-corrected chi connectivity index (χ4v) is 2.99. The van der Waals surface area contributed by atoms with Crippen molar-refractivity contribution in [2.75, 3.05) is 6.54 Å². The van der Waals surface area contributed by atoms with Gasteiger partial charge in [-0.3, -0.25) is 4.79 Å². The van der Waals surface area contributed by atoms with Crippen LogP contribution in [0.5, 0.6) is 0 Å². The van der Waals surface area contributed by atoms with Crippen LogP contribution in [0.4, 0.5) is 0 Å². The highest BCUT2D eigenvalue weighted by molar-refractivity contribution is 7.13. The van der Waals surface area contributed by atoms with E-state index in [0.29, 0.717) is 17.9 Å². The number of aromatic nitrogens is 1. The van der Waals surface area contributed by atoms with E-state index in [0.717, 1.165) is 16.3 Å². The maximum absolute atomic E-state index is 12.1. The molecule has 0 bridgehead atoms. The molecule has 1 aromatic heterocycles. The zero-order valence-corrected chi connectivity index (χ0v) is 14.0. The number of amides is 1. The van der Waals surface area contributed by atoms with E-state index in [4.69, 9.17) is 0 Å². The number of benzene rings is 1. The van der Waals surface area contributed by atoms with E-state index in [1.54, 1.807) is 23.5 Å². The lowest BCUT2D eigenvalue weighted by Crippen LogP contribution is -2.32. The SMILES string of the molecule is Cc1csc(-c2ccc(C(=O)NCC(O)CC(C)C)cc2)n1. The van der Waals surface area contributed by atoms with Gasteiger partial charge in [-0.25, -0.2) is 4.98 Å². The standard InChI is InChI=1S/C17H22N2O2S/c1-11(2)8-15(20)9-18-16(21)13-4-6-14(7-5-13)17-19-12(3)10-22-17/h4-7,10-11,15,20H,8-9H2,1-3H3,(H,18,21). The minimum atomic E-state index is -0.499. The zero-order chi connectivity index (χ0) is 16.1. The summed E-state index contributed by atoms with van der Waals surface area (Å²) in [6.45, 7) is 6.34. The Balaban J connectivity index is 1.94. The second-order valence-electron chi connectivity index (χ2n) is 5.86. The monoisotopic (exact) mass is 318 g/mol. The number of nitrogens with zero attached hydrogens (tertiary/aromatic N) is 1. The Morgan fingerprint density at radius 1 is 1.32 bits per heavy atom. The lowest BCUT2D eigenvalue weighted by Gasteiger charge is -2.13. The van der Waals surface area contributed by atoms with Gasteiger partial charge in [0.1, 0.15) is 5.01 Å². The molecular formula is C17H22N2O2S. The molecule has 0 saturated carbocycles. The first-order valence-electron chi connectivity index (χ1n) is 7.44. The summed E-state index contributed by atoms with van der Waals surface area (Å²) in [5, 5.41) is 15.5. The number of aryl methyl sites for hydroxylation is 1. The minimum Gasteiger partial charge on any atom is -0.391 e. The van der Waals surface area contributed by atoms with Crippen LogP contribution in [0.3, 0.4) is 0 Å². The van der Waals surface area contributed by atoms with Crippen molar-refractivity contribution in [1.29, 1.82) is 0 Å². The van der Waals surface area contributed by atoms with Crippen molar-refractivity contribution in [3.8, 4) is 10.6 Å². The number of aliphatic hydroxyl groups excluding tert-OH is 1. The highest BCUT2D eigenvalue weighted by Crippen LogP contribution is 2.23. The normalized spacial score (nSPS) is 12.4. The third-order valence-electron chi connectivity index (χ3n) is 3.25. The zero-order valence-electron chi connectivity index (χ0n) is 13.2. The number of aliphatic hydroxyl groups is 1. The van der Waals surface area contributed by atoms with Gasteiger partial charge in [0.2, 0.25) is 0 Å². The van der Waals surface area contributed by atoms with Gasteiger partial charge < -0.3 is 10.4 Å². The van der Waals surface area contributed by atoms with Crippen molar-refractivity contribution < 1.29 is 9.90 Å². The van der Waals surface area contributed by atoms with Crippen molar-refractivity contribution in [3.05, 3.63) is 40.9 Å². The molecule has 0 spiro atoms. The van der Waals surface area contributed by atoms with Gasteiger partial charge in [0.15, 0.2) is 0 Å².